The summed E-state index contributed by atoms with van der Waals surface area (Å²) in [7, 11) is 0. The van der Waals surface area contributed by atoms with Gasteiger partial charge in [0.2, 0.25) is 0 Å². The van der Waals surface area contributed by atoms with Crippen LogP contribution in [0.4, 0.5) is 0 Å². The molecule has 2 N–H and O–H groups in total. The number of aliphatic carboxylic acids is 1. The number of carbonyl (C=O) groups is 2. The first-order chi connectivity index (χ1) is 22.7. The second-order valence-electron chi connectivity index (χ2n) is 15.1. The normalized spacial score (nSPS) is 25.2. The minimum Gasteiger partial charge on any atom is -0.548 e. The Balaban J connectivity index is 0.00000451. The monoisotopic (exact) mass is 681 g/mol. The van der Waals surface area contributed by atoms with Crippen molar-refractivity contribution in [1.82, 2.24) is 15.5 Å². The van der Waals surface area contributed by atoms with Crippen LogP contribution in [0.15, 0.2) is 42.5 Å². The topological polar surface area (TPSA) is 84.5 Å². The molecule has 0 unspecified atom stereocenters. The molecule has 5 aliphatic carbocycles. The van der Waals surface area contributed by atoms with Crippen LogP contribution in [-0.4, -0.2) is 58.6 Å². The van der Waals surface area contributed by atoms with Crippen LogP contribution >= 0.6 is 24.0 Å². The van der Waals surface area contributed by atoms with Gasteiger partial charge in [-0.05, 0) is 147 Å². The van der Waals surface area contributed by atoms with Gasteiger partial charge in [-0.3, -0.25) is 4.79 Å². The number of hydrogen-bond acceptors (Lipinski definition) is 5. The van der Waals surface area contributed by atoms with E-state index in [1.54, 1.807) is 11.8 Å². The second kappa shape index (κ2) is 16.8. The average molecular weight is 682 g/mol. The number of thiocarbonyl (C=S) groups is 1. The minimum atomic E-state index is -1.25. The van der Waals surface area contributed by atoms with E-state index in [0.717, 1.165) is 64.6 Å². The van der Waals surface area contributed by atoms with E-state index in [4.69, 9.17) is 12.2 Å². The maximum absolute atomic E-state index is 13.6. The fourth-order valence-corrected chi connectivity index (χ4v) is 10.4. The van der Waals surface area contributed by atoms with Gasteiger partial charge in [-0.15, -0.1) is 0 Å². The van der Waals surface area contributed by atoms with Crippen molar-refractivity contribution in [3.05, 3.63) is 59.2 Å². The standard InChI is InChI=1S/C39H53N3O3S2.Li/c1-26-8-6-7-11-32(26)34-21-27(12-13-33(34)36(43)40-35(37(44)45)15-17-47-2)14-16-42(25-28-9-4-3-5-10-28)38(46)41-39-22-29-18-30(23-39)20-31(19-29)24-39;/h6-8,11-13,21,28-31,35H,3-5,9-10,14-20,22-25H2,1-2H3,(H,40,43)(H,41,46)(H,44,45);/q;+1/p-1/t29?,30?,31?,35-,39?;/m0./s1. The van der Waals surface area contributed by atoms with E-state index in [1.807, 2.05) is 49.6 Å². The molecule has 1 amide bonds. The Bertz CT molecular complexity index is 1410. The van der Waals surface area contributed by atoms with Crippen LogP contribution in [0, 0.1) is 30.6 Å². The maximum Gasteiger partial charge on any atom is 1.00 e. The number of hydrogen-bond donors (Lipinski definition) is 2. The van der Waals surface area contributed by atoms with E-state index in [1.165, 1.54) is 70.6 Å². The molecule has 6 nitrogen and oxygen atoms in total. The molecule has 1 atom stereocenters. The third kappa shape index (κ3) is 9.02. The molecule has 5 saturated carbocycles. The Kier molecular flexibility index (Phi) is 13.1. The van der Waals surface area contributed by atoms with E-state index in [9.17, 15) is 14.7 Å². The van der Waals surface area contributed by atoms with E-state index in [-0.39, 0.29) is 30.3 Å². The molecule has 0 aromatic heterocycles. The number of nitrogens with one attached hydrogen (secondary N) is 2. The largest absolute Gasteiger partial charge is 1.00 e. The van der Waals surface area contributed by atoms with Crippen LogP contribution in [0.2, 0.25) is 0 Å². The summed E-state index contributed by atoms with van der Waals surface area (Å²) in [4.78, 5) is 27.9. The fourth-order valence-electron chi connectivity index (χ4n) is 9.55. The quantitative estimate of drug-likeness (QED) is 0.247. The smallest absolute Gasteiger partial charge is 0.548 e. The van der Waals surface area contributed by atoms with Gasteiger partial charge < -0.3 is 25.4 Å². The Labute approximate surface area is 309 Å². The number of carbonyl (C=O) groups excluding carboxylic acids is 2. The molecular formula is C39H52LiN3O3S2. The predicted molar refractivity (Wildman–Crippen MR) is 194 cm³/mol. The summed E-state index contributed by atoms with van der Waals surface area (Å²) in [5.74, 6) is 2.27. The van der Waals surface area contributed by atoms with Crippen LogP contribution in [0.3, 0.4) is 0 Å². The molecule has 5 aliphatic rings. The molecule has 254 valence electrons. The summed E-state index contributed by atoms with van der Waals surface area (Å²) >= 11 is 7.82. The molecule has 0 aliphatic heterocycles. The molecule has 4 bridgehead atoms. The van der Waals surface area contributed by atoms with Crippen LogP contribution in [0.5, 0.6) is 0 Å². The summed E-state index contributed by atoms with van der Waals surface area (Å²) in [6.07, 6.45) is 17.7. The van der Waals surface area contributed by atoms with Crippen molar-refractivity contribution in [3.8, 4) is 11.1 Å². The van der Waals surface area contributed by atoms with Crippen LogP contribution in [0.1, 0.15) is 98.5 Å². The molecule has 2 aromatic carbocycles. The van der Waals surface area contributed by atoms with Crippen LogP contribution in [0.25, 0.3) is 11.1 Å². The third-order valence-electron chi connectivity index (χ3n) is 11.5. The number of rotatable bonds is 13. The molecule has 0 spiro atoms. The number of carboxylic acid groups (broad SMARTS) is 1. The number of benzene rings is 2. The fraction of sp³-hybridized carbons (Fsp3) is 0.615. The van der Waals surface area contributed by atoms with Crippen molar-refractivity contribution in [2.45, 2.75) is 102 Å². The summed E-state index contributed by atoms with van der Waals surface area (Å²) in [5.41, 5.74) is 4.68. The second-order valence-corrected chi connectivity index (χ2v) is 16.5. The number of thioether (sulfide) groups is 1. The van der Waals surface area contributed by atoms with E-state index in [2.05, 4.69) is 21.6 Å². The molecular weight excluding hydrogens is 630 g/mol. The zero-order valence-electron chi connectivity index (χ0n) is 29.2. The van der Waals surface area contributed by atoms with Gasteiger partial charge >= 0.3 is 18.9 Å². The van der Waals surface area contributed by atoms with E-state index in [0.29, 0.717) is 23.7 Å². The first-order valence-corrected chi connectivity index (χ1v) is 19.8. The van der Waals surface area contributed by atoms with Gasteiger partial charge in [-0.1, -0.05) is 55.7 Å². The van der Waals surface area contributed by atoms with Crippen molar-refractivity contribution in [1.29, 1.82) is 0 Å². The molecule has 2 aromatic rings. The van der Waals surface area contributed by atoms with Crippen molar-refractivity contribution >= 4 is 41.0 Å². The zero-order chi connectivity index (χ0) is 33.0. The van der Waals surface area contributed by atoms with Gasteiger partial charge in [-0.25, -0.2) is 0 Å². The average Bonchev–Trinajstić information content (AvgIpc) is 3.04. The van der Waals surface area contributed by atoms with Gasteiger partial charge in [0.05, 0.1) is 12.0 Å². The molecule has 5 fully saturated rings. The summed E-state index contributed by atoms with van der Waals surface area (Å²) in [6.45, 7) is 3.88. The van der Waals surface area contributed by atoms with Crippen LogP contribution in [-0.2, 0) is 11.2 Å². The van der Waals surface area contributed by atoms with Crippen molar-refractivity contribution in [2.24, 2.45) is 23.7 Å². The van der Waals surface area contributed by atoms with Crippen LogP contribution < -0.4 is 34.6 Å². The van der Waals surface area contributed by atoms with Crippen molar-refractivity contribution in [3.63, 3.8) is 0 Å². The Morgan fingerprint density at radius 3 is 2.29 bits per heavy atom. The first kappa shape index (κ1) is 37.3. The van der Waals surface area contributed by atoms with Gasteiger partial charge in [0.1, 0.15) is 0 Å². The van der Waals surface area contributed by atoms with E-state index < -0.39 is 12.0 Å². The molecule has 7 rings (SSSR count). The van der Waals surface area contributed by atoms with Gasteiger partial charge in [0.25, 0.3) is 5.91 Å². The molecule has 0 radical (unpaired) electrons. The first-order valence-electron chi connectivity index (χ1n) is 18.0. The Hall–Kier alpha value is -1.98. The molecule has 48 heavy (non-hydrogen) atoms. The minimum absolute atomic E-state index is 0. The summed E-state index contributed by atoms with van der Waals surface area (Å²) in [5, 5.41) is 19.5. The number of aryl methyl sites for hydroxylation is 1. The zero-order valence-corrected chi connectivity index (χ0v) is 30.9. The SMILES string of the molecule is CSCC[C@H](NC(=O)c1ccc(CCN(CC2CCCCC2)C(=S)NC23CC4CC(CC(C4)C2)C3)cc1-c1ccccc1C)C(=O)[O-].[Li+]. The van der Waals surface area contributed by atoms with Gasteiger partial charge in [0.15, 0.2) is 5.11 Å². The number of nitrogens with zero attached hydrogens (tertiary/aromatic N) is 1. The third-order valence-corrected chi connectivity index (χ3v) is 12.5. The van der Waals surface area contributed by atoms with Gasteiger partial charge in [-0.2, -0.15) is 11.8 Å². The summed E-state index contributed by atoms with van der Waals surface area (Å²) < 4.78 is 0. The Morgan fingerprint density at radius 2 is 1.67 bits per heavy atom. The predicted octanol–water partition coefficient (Wildman–Crippen LogP) is 3.54. The van der Waals surface area contributed by atoms with E-state index >= 15 is 0 Å². The molecule has 0 heterocycles. The van der Waals surface area contributed by atoms with Gasteiger partial charge in [0, 0.05) is 24.2 Å². The number of amides is 1. The Morgan fingerprint density at radius 1 is 1.00 bits per heavy atom. The van der Waals surface area contributed by atoms with Crippen molar-refractivity contribution < 1.29 is 33.6 Å². The molecule has 0 saturated heterocycles. The number of carboxylic acids is 1. The van der Waals surface area contributed by atoms with Crippen molar-refractivity contribution in [2.75, 3.05) is 25.1 Å². The molecule has 9 heteroatoms. The maximum atomic E-state index is 13.6. The summed E-state index contributed by atoms with van der Waals surface area (Å²) in [6, 6.07) is 13.1.